The maximum atomic E-state index is 14.4. The molecule has 2 amide bonds. The van der Waals surface area contributed by atoms with Crippen LogP contribution < -0.4 is 9.47 Å². The lowest BCUT2D eigenvalue weighted by Crippen LogP contribution is -2.60. The van der Waals surface area contributed by atoms with Crippen molar-refractivity contribution in [3.63, 3.8) is 0 Å². The molecule has 0 aliphatic carbocycles. The van der Waals surface area contributed by atoms with Crippen molar-refractivity contribution in [3.8, 4) is 11.5 Å². The molecule has 0 saturated carbocycles. The van der Waals surface area contributed by atoms with E-state index in [1.54, 1.807) is 13.8 Å². The van der Waals surface area contributed by atoms with Crippen molar-refractivity contribution < 1.29 is 41.0 Å². The molecule has 0 bridgehead atoms. The highest BCUT2D eigenvalue weighted by molar-refractivity contribution is 5.97. The third-order valence-corrected chi connectivity index (χ3v) is 5.25. The molecule has 6 nitrogen and oxygen atoms in total. The molecule has 1 fully saturated rings. The molecule has 1 aliphatic rings. The van der Waals surface area contributed by atoms with Crippen LogP contribution in [0.5, 0.6) is 11.5 Å². The van der Waals surface area contributed by atoms with Gasteiger partial charge < -0.3 is 19.3 Å². The zero-order chi connectivity index (χ0) is 24.5. The summed E-state index contributed by atoms with van der Waals surface area (Å²) in [6, 6.07) is 5.04. The Kier molecular flexibility index (Phi) is 6.80. The second-order valence-electron chi connectivity index (χ2n) is 7.66. The van der Waals surface area contributed by atoms with Crippen LogP contribution in [0.2, 0.25) is 0 Å². The normalized spacial score (nSPS) is 18.8. The number of amides is 2. The number of hydrogen-bond acceptors (Lipinski definition) is 4. The number of benzene rings is 2. The van der Waals surface area contributed by atoms with E-state index < -0.39 is 53.2 Å². The molecule has 1 saturated heterocycles. The Morgan fingerprint density at radius 1 is 0.879 bits per heavy atom. The van der Waals surface area contributed by atoms with E-state index in [1.165, 1.54) is 29.0 Å². The maximum absolute atomic E-state index is 14.4. The van der Waals surface area contributed by atoms with Gasteiger partial charge in [0.05, 0.1) is 18.2 Å². The molecule has 0 N–H and O–H groups in total. The van der Waals surface area contributed by atoms with Crippen LogP contribution in [-0.2, 0) is 0 Å². The van der Waals surface area contributed by atoms with Gasteiger partial charge in [0.1, 0.15) is 23.1 Å². The summed E-state index contributed by atoms with van der Waals surface area (Å²) in [5.74, 6) is -3.75. The fourth-order valence-corrected chi connectivity index (χ4v) is 3.86. The highest BCUT2D eigenvalue weighted by Gasteiger charge is 2.37. The minimum absolute atomic E-state index is 0.0208. The number of piperazine rings is 1. The molecular weight excluding hydrogens is 451 g/mol. The van der Waals surface area contributed by atoms with Gasteiger partial charge in [0.15, 0.2) is 0 Å². The van der Waals surface area contributed by atoms with E-state index in [-0.39, 0.29) is 24.4 Å². The summed E-state index contributed by atoms with van der Waals surface area (Å²) < 4.78 is 74.3. The minimum Gasteiger partial charge on any atom is -0.497 e. The Morgan fingerprint density at radius 2 is 1.36 bits per heavy atom. The summed E-state index contributed by atoms with van der Waals surface area (Å²) in [5, 5.41) is 0. The van der Waals surface area contributed by atoms with Crippen LogP contribution in [0.3, 0.4) is 0 Å². The first-order valence-electron chi connectivity index (χ1n) is 9.92. The molecule has 0 unspecified atom stereocenters. The number of methoxy groups -OCH3 is 1. The average molecular weight is 472 g/mol. The monoisotopic (exact) mass is 472 g/mol. The first kappa shape index (κ1) is 24.3. The smallest absolute Gasteiger partial charge is 0.497 e. The summed E-state index contributed by atoms with van der Waals surface area (Å²) in [6.07, 6.45) is -4.99. The van der Waals surface area contributed by atoms with Crippen LogP contribution >= 0.6 is 0 Å². The Labute approximate surface area is 186 Å². The van der Waals surface area contributed by atoms with Crippen molar-refractivity contribution in [3.05, 3.63) is 59.2 Å². The summed E-state index contributed by atoms with van der Waals surface area (Å²) in [4.78, 5) is 28.5. The molecule has 0 radical (unpaired) electrons. The zero-order valence-electron chi connectivity index (χ0n) is 18.0. The molecule has 2 aromatic rings. The van der Waals surface area contributed by atoms with Gasteiger partial charge in [-0.1, -0.05) is 0 Å². The van der Waals surface area contributed by atoms with E-state index in [0.29, 0.717) is 6.07 Å². The number of carbonyl (C=O) groups excluding carboxylic acids is 2. The second-order valence-corrected chi connectivity index (χ2v) is 7.66. The SMILES string of the molecule is COc1ccc(C(=O)N2[C@H](C)CN(C(=O)c3ccc(OC(F)(F)F)cc3F)C[C@H]2C)c(F)c1. The molecule has 11 heteroatoms. The predicted octanol–water partition coefficient (Wildman–Crippen LogP) is 4.25. The van der Waals surface area contributed by atoms with Gasteiger partial charge in [-0.05, 0) is 38.1 Å². The van der Waals surface area contributed by atoms with Gasteiger partial charge in [-0.25, -0.2) is 8.78 Å². The number of carbonyl (C=O) groups is 2. The number of alkyl halides is 3. The summed E-state index contributed by atoms with van der Waals surface area (Å²) in [7, 11) is 1.37. The van der Waals surface area contributed by atoms with Crippen LogP contribution in [0.15, 0.2) is 36.4 Å². The molecule has 178 valence electrons. The van der Waals surface area contributed by atoms with Crippen molar-refractivity contribution in [1.82, 2.24) is 9.80 Å². The van der Waals surface area contributed by atoms with Crippen LogP contribution in [0, 0.1) is 11.6 Å². The molecule has 2 aromatic carbocycles. The number of hydrogen-bond donors (Lipinski definition) is 0. The molecule has 1 heterocycles. The van der Waals surface area contributed by atoms with Crippen molar-refractivity contribution in [2.45, 2.75) is 32.3 Å². The van der Waals surface area contributed by atoms with E-state index in [2.05, 4.69) is 4.74 Å². The second kappa shape index (κ2) is 9.24. The van der Waals surface area contributed by atoms with E-state index in [9.17, 15) is 31.5 Å². The Balaban J connectivity index is 1.76. The topological polar surface area (TPSA) is 59.1 Å². The Morgan fingerprint density at radius 3 is 1.85 bits per heavy atom. The number of rotatable bonds is 4. The fraction of sp³-hybridized carbons (Fsp3) is 0.364. The van der Waals surface area contributed by atoms with Crippen LogP contribution in [-0.4, -0.2) is 60.3 Å². The number of ether oxygens (including phenoxy) is 2. The van der Waals surface area contributed by atoms with Crippen molar-refractivity contribution in [1.29, 1.82) is 0 Å². The Bertz CT molecular complexity index is 1050. The van der Waals surface area contributed by atoms with Crippen LogP contribution in [0.25, 0.3) is 0 Å². The molecule has 0 spiro atoms. The summed E-state index contributed by atoms with van der Waals surface area (Å²) >= 11 is 0. The summed E-state index contributed by atoms with van der Waals surface area (Å²) in [6.45, 7) is 3.36. The standard InChI is InChI=1S/C22H21F5N2O4/c1-12-10-28(20(30)16-7-5-15(9-19(16)24)33-22(25,26)27)11-13(2)29(12)21(31)17-6-4-14(32-3)8-18(17)23/h4-9,12-13H,10-11H2,1-3H3/t12-,13-/m1/s1. The Hall–Kier alpha value is -3.37. The molecule has 1 aliphatic heterocycles. The fourth-order valence-electron chi connectivity index (χ4n) is 3.86. The van der Waals surface area contributed by atoms with Gasteiger partial charge in [-0.2, -0.15) is 0 Å². The maximum Gasteiger partial charge on any atom is 0.573 e. The quantitative estimate of drug-likeness (QED) is 0.625. The lowest BCUT2D eigenvalue weighted by molar-refractivity contribution is -0.274. The van der Waals surface area contributed by atoms with Crippen LogP contribution in [0.4, 0.5) is 22.0 Å². The van der Waals surface area contributed by atoms with Gasteiger partial charge in [-0.3, -0.25) is 9.59 Å². The van der Waals surface area contributed by atoms with Gasteiger partial charge in [0.2, 0.25) is 0 Å². The lowest BCUT2D eigenvalue weighted by atomic mass is 10.0. The van der Waals surface area contributed by atoms with E-state index in [0.717, 1.165) is 18.2 Å². The zero-order valence-corrected chi connectivity index (χ0v) is 18.0. The highest BCUT2D eigenvalue weighted by Crippen LogP contribution is 2.27. The van der Waals surface area contributed by atoms with Crippen molar-refractivity contribution >= 4 is 11.8 Å². The third kappa shape index (κ3) is 5.35. The predicted molar refractivity (Wildman–Crippen MR) is 107 cm³/mol. The largest absolute Gasteiger partial charge is 0.573 e. The number of halogens is 5. The van der Waals surface area contributed by atoms with Crippen molar-refractivity contribution in [2.75, 3.05) is 20.2 Å². The third-order valence-electron chi connectivity index (χ3n) is 5.25. The first-order valence-corrected chi connectivity index (χ1v) is 9.92. The first-order chi connectivity index (χ1) is 15.4. The molecule has 2 atom stereocenters. The summed E-state index contributed by atoms with van der Waals surface area (Å²) in [5.41, 5.74) is -0.578. The van der Waals surface area contributed by atoms with Gasteiger partial charge in [0.25, 0.3) is 11.8 Å². The van der Waals surface area contributed by atoms with Crippen LogP contribution in [0.1, 0.15) is 34.6 Å². The van der Waals surface area contributed by atoms with Gasteiger partial charge >= 0.3 is 6.36 Å². The molecular formula is C22H21F5N2O4. The van der Waals surface area contributed by atoms with Gasteiger partial charge in [-0.15, -0.1) is 13.2 Å². The van der Waals surface area contributed by atoms with E-state index in [1.807, 2.05) is 0 Å². The van der Waals surface area contributed by atoms with Gasteiger partial charge in [0, 0.05) is 37.3 Å². The molecule has 33 heavy (non-hydrogen) atoms. The number of nitrogens with zero attached hydrogens (tertiary/aromatic N) is 2. The van der Waals surface area contributed by atoms with E-state index in [4.69, 9.17) is 4.74 Å². The lowest BCUT2D eigenvalue weighted by Gasteiger charge is -2.44. The average Bonchev–Trinajstić information content (AvgIpc) is 2.71. The van der Waals surface area contributed by atoms with E-state index >= 15 is 0 Å². The molecule has 3 rings (SSSR count). The minimum atomic E-state index is -4.99. The molecule has 0 aromatic heterocycles. The highest BCUT2D eigenvalue weighted by atomic mass is 19.4. The van der Waals surface area contributed by atoms with Crippen molar-refractivity contribution in [2.24, 2.45) is 0 Å².